The first-order valence-corrected chi connectivity index (χ1v) is 10.8. The molecule has 34 heavy (non-hydrogen) atoms. The molecule has 1 fully saturated rings. The minimum Gasteiger partial charge on any atom is -0.388 e. The van der Waals surface area contributed by atoms with Crippen molar-refractivity contribution in [1.29, 1.82) is 0 Å². The second-order valence-corrected chi connectivity index (χ2v) is 8.68. The van der Waals surface area contributed by atoms with Gasteiger partial charge in [0.05, 0.1) is 36.4 Å². The number of aliphatic hydroxyl groups is 2. The Morgan fingerprint density at radius 2 is 2.00 bits per heavy atom. The molecule has 3 N–H and O–H groups in total. The molecule has 0 radical (unpaired) electrons. The third kappa shape index (κ3) is 3.74. The number of aliphatic imine (C=N–C) groups is 1. The number of amides is 1. The van der Waals surface area contributed by atoms with Gasteiger partial charge in [0.1, 0.15) is 47.9 Å². The number of benzene rings is 1. The number of hydrogen-bond acceptors (Lipinski definition) is 7. The number of nitrogens with one attached hydrogen (secondary N) is 1. The van der Waals surface area contributed by atoms with Crippen molar-refractivity contribution in [3.63, 3.8) is 0 Å². The molecule has 0 bridgehead atoms. The fourth-order valence-corrected chi connectivity index (χ4v) is 4.71. The van der Waals surface area contributed by atoms with Crippen LogP contribution in [0.2, 0.25) is 0 Å². The lowest BCUT2D eigenvalue weighted by Crippen LogP contribution is -2.39. The van der Waals surface area contributed by atoms with Gasteiger partial charge in [-0.1, -0.05) is 12.2 Å². The zero-order valence-corrected chi connectivity index (χ0v) is 18.1. The number of anilines is 1. The van der Waals surface area contributed by atoms with Crippen molar-refractivity contribution in [1.82, 2.24) is 14.9 Å². The highest BCUT2D eigenvalue weighted by Gasteiger charge is 2.42. The Morgan fingerprint density at radius 3 is 2.74 bits per heavy atom. The minimum absolute atomic E-state index is 0.0252. The van der Waals surface area contributed by atoms with E-state index in [9.17, 15) is 28.2 Å². The van der Waals surface area contributed by atoms with Gasteiger partial charge in [-0.05, 0) is 24.6 Å². The molecule has 1 aromatic heterocycles. The summed E-state index contributed by atoms with van der Waals surface area (Å²) < 4.78 is 43.3. The van der Waals surface area contributed by atoms with Crippen molar-refractivity contribution in [2.45, 2.75) is 50.4 Å². The molecule has 0 saturated carbocycles. The van der Waals surface area contributed by atoms with Gasteiger partial charge in [0.2, 0.25) is 0 Å². The number of carbonyl (C=O) groups is 1. The summed E-state index contributed by atoms with van der Waals surface area (Å²) in [6, 6.07) is 0.372. The van der Waals surface area contributed by atoms with E-state index in [0.29, 0.717) is 11.3 Å². The van der Waals surface area contributed by atoms with Crippen LogP contribution in [0, 0.1) is 18.6 Å². The topological polar surface area (TPSA) is 111 Å². The van der Waals surface area contributed by atoms with E-state index in [2.05, 4.69) is 20.3 Å². The SMILES string of the molecule is Cc1cc(F)cc([C@H]2C[C@H](F)CN2C(=O)C2=NCc3ncnc(N[C@@H]4C=C[C@@H](O)[C@H]4O)c32)c1F. The van der Waals surface area contributed by atoms with Crippen LogP contribution >= 0.6 is 0 Å². The summed E-state index contributed by atoms with van der Waals surface area (Å²) in [6.07, 6.45) is 0.567. The third-order valence-electron chi connectivity index (χ3n) is 6.41. The lowest BCUT2D eigenvalue weighted by Gasteiger charge is -2.26. The van der Waals surface area contributed by atoms with Gasteiger partial charge in [0.25, 0.3) is 5.91 Å². The number of hydrogen-bond donors (Lipinski definition) is 3. The summed E-state index contributed by atoms with van der Waals surface area (Å²) in [5.41, 5.74) is 0.714. The molecule has 1 amide bonds. The van der Waals surface area contributed by atoms with Gasteiger partial charge < -0.3 is 20.4 Å². The molecule has 1 aromatic carbocycles. The second kappa shape index (κ2) is 8.48. The van der Waals surface area contributed by atoms with Crippen LogP contribution in [0.5, 0.6) is 0 Å². The maximum Gasteiger partial charge on any atom is 0.273 e. The van der Waals surface area contributed by atoms with Crippen molar-refractivity contribution in [3.05, 3.63) is 64.6 Å². The van der Waals surface area contributed by atoms with E-state index < -0.39 is 48.0 Å². The van der Waals surface area contributed by atoms with Crippen molar-refractivity contribution in [3.8, 4) is 0 Å². The molecule has 8 nitrogen and oxygen atoms in total. The van der Waals surface area contributed by atoms with Crippen LogP contribution in [0.25, 0.3) is 0 Å². The molecule has 5 atom stereocenters. The van der Waals surface area contributed by atoms with Crippen LogP contribution in [-0.4, -0.2) is 67.7 Å². The minimum atomic E-state index is -1.41. The molecule has 3 heterocycles. The first-order valence-electron chi connectivity index (χ1n) is 10.8. The van der Waals surface area contributed by atoms with Gasteiger partial charge in [-0.2, -0.15) is 0 Å². The van der Waals surface area contributed by atoms with E-state index in [-0.39, 0.29) is 42.2 Å². The lowest BCUT2D eigenvalue weighted by molar-refractivity contribution is -0.125. The van der Waals surface area contributed by atoms with E-state index in [1.165, 1.54) is 24.2 Å². The van der Waals surface area contributed by atoms with Gasteiger partial charge in [-0.25, -0.2) is 23.1 Å². The van der Waals surface area contributed by atoms with Gasteiger partial charge in [-0.3, -0.25) is 9.79 Å². The largest absolute Gasteiger partial charge is 0.388 e. The smallest absolute Gasteiger partial charge is 0.273 e. The molecule has 0 spiro atoms. The molecule has 2 aromatic rings. The maximum atomic E-state index is 14.8. The first kappa shape index (κ1) is 22.5. The number of aromatic nitrogens is 2. The monoisotopic (exact) mass is 473 g/mol. The highest BCUT2D eigenvalue weighted by atomic mass is 19.1. The predicted molar refractivity (Wildman–Crippen MR) is 116 cm³/mol. The molecule has 2 aliphatic heterocycles. The number of halogens is 3. The van der Waals surface area contributed by atoms with Crippen molar-refractivity contribution in [2.75, 3.05) is 11.9 Å². The average Bonchev–Trinajstić information content (AvgIpc) is 3.49. The van der Waals surface area contributed by atoms with Crippen LogP contribution in [0.1, 0.15) is 34.8 Å². The van der Waals surface area contributed by atoms with Crippen LogP contribution in [0.3, 0.4) is 0 Å². The van der Waals surface area contributed by atoms with E-state index in [1.807, 2.05) is 0 Å². The summed E-state index contributed by atoms with van der Waals surface area (Å²) in [5, 5.41) is 22.9. The molecule has 11 heteroatoms. The Morgan fingerprint density at radius 1 is 1.21 bits per heavy atom. The molecule has 3 aliphatic rings. The number of likely N-dealkylation sites (tertiary alicyclic amines) is 1. The Balaban J connectivity index is 1.47. The van der Waals surface area contributed by atoms with E-state index in [0.717, 1.165) is 12.1 Å². The van der Waals surface area contributed by atoms with Gasteiger partial charge in [-0.15, -0.1) is 0 Å². The molecule has 1 aliphatic carbocycles. The first-order chi connectivity index (χ1) is 16.2. The van der Waals surface area contributed by atoms with Crippen molar-refractivity contribution in [2.24, 2.45) is 4.99 Å². The molecule has 0 unspecified atom stereocenters. The zero-order chi connectivity index (χ0) is 24.1. The summed E-state index contributed by atoms with van der Waals surface area (Å²) >= 11 is 0. The number of aliphatic hydroxyl groups excluding tert-OH is 2. The standard InChI is InChI=1S/C23H22F3N5O3/c1-10-4-11(24)5-13(19(10)26)16-6-12(25)8-31(16)23(34)20-18-15(7-27-20)28-9-29-22(18)30-14-2-3-17(32)21(14)33/h2-5,9,12,14,16-17,21,32-33H,6-8H2,1H3,(H,28,29,30)/t12-,14+,16+,17+,21-/m0/s1. The highest BCUT2D eigenvalue weighted by molar-refractivity contribution is 6.47. The summed E-state index contributed by atoms with van der Waals surface area (Å²) in [7, 11) is 0. The fourth-order valence-electron chi connectivity index (χ4n) is 4.71. The molecule has 178 valence electrons. The van der Waals surface area contributed by atoms with Crippen LogP contribution in [-0.2, 0) is 11.3 Å². The summed E-state index contributed by atoms with van der Waals surface area (Å²) in [4.78, 5) is 27.4. The van der Waals surface area contributed by atoms with Gasteiger partial charge in [0, 0.05) is 12.0 Å². The predicted octanol–water partition coefficient (Wildman–Crippen LogP) is 1.75. The summed E-state index contributed by atoms with van der Waals surface area (Å²) in [6.45, 7) is 1.20. The number of alkyl halides is 1. The number of fused-ring (bicyclic) bond motifs is 1. The van der Waals surface area contributed by atoms with Crippen molar-refractivity contribution >= 4 is 17.4 Å². The molecular weight excluding hydrogens is 451 g/mol. The Labute approximate surface area is 192 Å². The van der Waals surface area contributed by atoms with Gasteiger partial charge >= 0.3 is 0 Å². The summed E-state index contributed by atoms with van der Waals surface area (Å²) in [5.74, 6) is -1.78. The fraction of sp³-hybridized carbons (Fsp3) is 0.391. The number of carbonyl (C=O) groups excluding carboxylic acids is 1. The van der Waals surface area contributed by atoms with E-state index >= 15 is 0 Å². The second-order valence-electron chi connectivity index (χ2n) is 8.68. The molecular formula is C23H22F3N5O3. The Kier molecular flexibility index (Phi) is 5.61. The molecule has 5 rings (SSSR count). The number of aryl methyl sites for hydroxylation is 1. The van der Waals surface area contributed by atoms with E-state index in [4.69, 9.17) is 0 Å². The molecule has 1 saturated heterocycles. The third-order valence-corrected chi connectivity index (χ3v) is 6.41. The van der Waals surface area contributed by atoms with Crippen LogP contribution < -0.4 is 5.32 Å². The number of nitrogens with zero attached hydrogens (tertiary/aromatic N) is 4. The Hall–Kier alpha value is -3.31. The van der Waals surface area contributed by atoms with Gasteiger partial charge in [0.15, 0.2) is 0 Å². The quantitative estimate of drug-likeness (QED) is 0.584. The highest BCUT2D eigenvalue weighted by Crippen LogP contribution is 2.37. The van der Waals surface area contributed by atoms with Crippen molar-refractivity contribution < 1.29 is 28.2 Å². The lowest BCUT2D eigenvalue weighted by atomic mass is 10.00. The van der Waals surface area contributed by atoms with Crippen LogP contribution in [0.15, 0.2) is 35.6 Å². The number of rotatable bonds is 4. The maximum absolute atomic E-state index is 14.8. The van der Waals surface area contributed by atoms with Crippen LogP contribution in [0.4, 0.5) is 19.0 Å². The average molecular weight is 473 g/mol. The normalized spacial score (nSPS) is 27.8. The van der Waals surface area contributed by atoms with E-state index in [1.54, 1.807) is 6.08 Å². The Bertz CT molecular complexity index is 1220. The zero-order valence-electron chi connectivity index (χ0n) is 18.1.